The molecule has 144 valence electrons. The molecule has 2 aromatic carbocycles. The predicted molar refractivity (Wildman–Crippen MR) is 103 cm³/mol. The van der Waals surface area contributed by atoms with Gasteiger partial charge in [-0.05, 0) is 74.2 Å². The average molecular weight is 390 g/mol. The van der Waals surface area contributed by atoms with Gasteiger partial charge in [-0.25, -0.2) is 17.5 Å². The van der Waals surface area contributed by atoms with Crippen LogP contribution in [-0.4, -0.2) is 26.9 Å². The second kappa shape index (κ2) is 7.78. The number of benzene rings is 2. The zero-order valence-corrected chi connectivity index (χ0v) is 16.2. The van der Waals surface area contributed by atoms with Crippen LogP contribution in [0.3, 0.4) is 0 Å². The fourth-order valence-corrected chi connectivity index (χ4v) is 4.49. The molecule has 1 amide bonds. The maximum Gasteiger partial charge on any atom is 0.258 e. The second-order valence-electron chi connectivity index (χ2n) is 6.79. The first-order chi connectivity index (χ1) is 12.8. The molecule has 0 unspecified atom stereocenters. The fraction of sp³-hybridized carbons (Fsp3) is 0.350. The predicted octanol–water partition coefficient (Wildman–Crippen LogP) is 3.50. The van der Waals surface area contributed by atoms with Gasteiger partial charge in [-0.15, -0.1) is 0 Å². The van der Waals surface area contributed by atoms with Crippen LogP contribution in [0.1, 0.15) is 42.6 Å². The Kier molecular flexibility index (Phi) is 5.62. The molecule has 1 atom stereocenters. The molecule has 0 radical (unpaired) electrons. The second-order valence-corrected chi connectivity index (χ2v) is 8.50. The number of anilines is 1. The molecule has 1 aliphatic heterocycles. The number of amides is 1. The minimum atomic E-state index is -3.59. The van der Waals surface area contributed by atoms with Crippen LogP contribution in [0, 0.1) is 5.82 Å². The Morgan fingerprint density at radius 3 is 2.59 bits per heavy atom. The van der Waals surface area contributed by atoms with Crippen LogP contribution in [-0.2, 0) is 16.4 Å². The first-order valence-electron chi connectivity index (χ1n) is 9.04. The van der Waals surface area contributed by atoms with Crippen molar-refractivity contribution in [2.24, 2.45) is 0 Å². The maximum absolute atomic E-state index is 13.1. The van der Waals surface area contributed by atoms with Crippen LogP contribution in [0.4, 0.5) is 10.1 Å². The van der Waals surface area contributed by atoms with Gasteiger partial charge >= 0.3 is 0 Å². The van der Waals surface area contributed by atoms with E-state index in [1.807, 2.05) is 13.8 Å². The van der Waals surface area contributed by atoms with E-state index in [0.29, 0.717) is 30.6 Å². The summed E-state index contributed by atoms with van der Waals surface area (Å²) in [4.78, 5) is 14.6. The van der Waals surface area contributed by atoms with Crippen molar-refractivity contribution in [1.29, 1.82) is 0 Å². The Hall–Kier alpha value is -2.25. The van der Waals surface area contributed by atoms with E-state index >= 15 is 0 Å². The summed E-state index contributed by atoms with van der Waals surface area (Å²) in [5.74, 6) is -0.612. The third kappa shape index (κ3) is 4.20. The lowest BCUT2D eigenvalue weighted by molar-refractivity contribution is 0.0985. The highest BCUT2D eigenvalue weighted by Gasteiger charge is 2.26. The van der Waals surface area contributed by atoms with E-state index in [1.165, 1.54) is 30.3 Å². The summed E-state index contributed by atoms with van der Waals surface area (Å²) >= 11 is 0. The summed E-state index contributed by atoms with van der Waals surface area (Å²) in [6, 6.07) is 10.1. The van der Waals surface area contributed by atoms with Gasteiger partial charge in [0.05, 0.1) is 4.90 Å². The lowest BCUT2D eigenvalue weighted by Crippen LogP contribution is -2.36. The molecule has 0 saturated carbocycles. The molecule has 1 aliphatic rings. The summed E-state index contributed by atoms with van der Waals surface area (Å²) in [7, 11) is -3.59. The Balaban J connectivity index is 1.91. The molecule has 0 saturated heterocycles. The van der Waals surface area contributed by atoms with Crippen LogP contribution < -0.4 is 9.62 Å². The fourth-order valence-electron chi connectivity index (χ4n) is 3.12. The molecule has 27 heavy (non-hydrogen) atoms. The van der Waals surface area contributed by atoms with E-state index in [0.717, 1.165) is 12.0 Å². The number of carbonyl (C=O) groups excluding carboxylic acids is 1. The Morgan fingerprint density at radius 2 is 1.93 bits per heavy atom. The molecule has 2 aromatic rings. The van der Waals surface area contributed by atoms with Crippen LogP contribution in [0.25, 0.3) is 0 Å². The number of carbonyl (C=O) groups is 1. The highest BCUT2D eigenvalue weighted by molar-refractivity contribution is 7.89. The number of hydrogen-bond acceptors (Lipinski definition) is 3. The van der Waals surface area contributed by atoms with Crippen molar-refractivity contribution in [2.75, 3.05) is 11.4 Å². The number of aryl methyl sites for hydroxylation is 1. The normalized spacial score (nSPS) is 15.3. The van der Waals surface area contributed by atoms with Gasteiger partial charge in [0, 0.05) is 23.8 Å². The van der Waals surface area contributed by atoms with Crippen LogP contribution in [0.15, 0.2) is 47.4 Å². The van der Waals surface area contributed by atoms with Crippen molar-refractivity contribution >= 4 is 21.6 Å². The van der Waals surface area contributed by atoms with Crippen molar-refractivity contribution in [3.63, 3.8) is 0 Å². The molecule has 3 rings (SSSR count). The lowest BCUT2D eigenvalue weighted by atomic mass is 10.0. The molecule has 0 fully saturated rings. The largest absolute Gasteiger partial charge is 0.308 e. The van der Waals surface area contributed by atoms with Crippen molar-refractivity contribution in [3.05, 3.63) is 59.4 Å². The molecule has 0 spiro atoms. The van der Waals surface area contributed by atoms with E-state index in [-0.39, 0.29) is 16.8 Å². The molecular weight excluding hydrogens is 367 g/mol. The zero-order valence-electron chi connectivity index (χ0n) is 15.4. The third-order valence-corrected chi connectivity index (χ3v) is 6.37. The Bertz CT molecular complexity index is 942. The SMILES string of the molecule is CC[C@H](C)NS(=O)(=O)c1ccc2c(c1)CCCN2C(=O)c1ccc(F)cc1. The molecule has 1 N–H and O–H groups in total. The van der Waals surface area contributed by atoms with Crippen LogP contribution >= 0.6 is 0 Å². The molecule has 5 nitrogen and oxygen atoms in total. The topological polar surface area (TPSA) is 66.5 Å². The van der Waals surface area contributed by atoms with Crippen LogP contribution in [0.5, 0.6) is 0 Å². The quantitative estimate of drug-likeness (QED) is 0.850. The van der Waals surface area contributed by atoms with Crippen LogP contribution in [0.2, 0.25) is 0 Å². The number of fused-ring (bicyclic) bond motifs is 1. The number of sulfonamides is 1. The average Bonchev–Trinajstić information content (AvgIpc) is 2.66. The number of nitrogens with one attached hydrogen (secondary N) is 1. The van der Waals surface area contributed by atoms with E-state index in [9.17, 15) is 17.6 Å². The van der Waals surface area contributed by atoms with Gasteiger partial charge in [0.1, 0.15) is 5.82 Å². The van der Waals surface area contributed by atoms with Gasteiger partial charge in [0.25, 0.3) is 5.91 Å². The van der Waals surface area contributed by atoms with Gasteiger partial charge in [0.2, 0.25) is 10.0 Å². The monoisotopic (exact) mass is 390 g/mol. The smallest absolute Gasteiger partial charge is 0.258 e. The summed E-state index contributed by atoms with van der Waals surface area (Å²) in [6.45, 7) is 4.28. The Labute approximate surface area is 159 Å². The van der Waals surface area contributed by atoms with E-state index < -0.39 is 15.8 Å². The summed E-state index contributed by atoms with van der Waals surface area (Å²) in [6.07, 6.45) is 2.14. The number of hydrogen-bond donors (Lipinski definition) is 1. The van der Waals surface area contributed by atoms with E-state index in [1.54, 1.807) is 17.0 Å². The summed E-state index contributed by atoms with van der Waals surface area (Å²) in [5, 5.41) is 0. The molecule has 7 heteroatoms. The molecule has 0 aromatic heterocycles. The zero-order chi connectivity index (χ0) is 19.6. The highest BCUT2D eigenvalue weighted by atomic mass is 32.2. The highest BCUT2D eigenvalue weighted by Crippen LogP contribution is 2.30. The van der Waals surface area contributed by atoms with Gasteiger partial charge < -0.3 is 4.90 Å². The lowest BCUT2D eigenvalue weighted by Gasteiger charge is -2.30. The first-order valence-corrected chi connectivity index (χ1v) is 10.5. The molecule has 0 bridgehead atoms. The van der Waals surface area contributed by atoms with Crippen molar-refractivity contribution in [3.8, 4) is 0 Å². The minimum absolute atomic E-state index is 0.150. The number of nitrogens with zero attached hydrogens (tertiary/aromatic N) is 1. The third-order valence-electron chi connectivity index (χ3n) is 4.78. The van der Waals surface area contributed by atoms with Crippen molar-refractivity contribution in [2.45, 2.75) is 44.0 Å². The van der Waals surface area contributed by atoms with Gasteiger partial charge in [-0.2, -0.15) is 0 Å². The minimum Gasteiger partial charge on any atom is -0.308 e. The molecule has 0 aliphatic carbocycles. The number of halogens is 1. The first kappa shape index (κ1) is 19.5. The molecular formula is C20H23FN2O3S. The van der Waals surface area contributed by atoms with Gasteiger partial charge in [-0.1, -0.05) is 6.92 Å². The molecule has 1 heterocycles. The number of rotatable bonds is 5. The van der Waals surface area contributed by atoms with Gasteiger partial charge in [0.15, 0.2) is 0 Å². The summed E-state index contributed by atoms with van der Waals surface area (Å²) in [5.41, 5.74) is 1.93. The van der Waals surface area contributed by atoms with E-state index in [2.05, 4.69) is 4.72 Å². The maximum atomic E-state index is 13.1. The van der Waals surface area contributed by atoms with Crippen molar-refractivity contribution < 1.29 is 17.6 Å². The van der Waals surface area contributed by atoms with E-state index in [4.69, 9.17) is 0 Å². The van der Waals surface area contributed by atoms with Gasteiger partial charge in [-0.3, -0.25) is 4.79 Å². The Morgan fingerprint density at radius 1 is 1.22 bits per heavy atom. The van der Waals surface area contributed by atoms with Crippen molar-refractivity contribution in [1.82, 2.24) is 4.72 Å². The standard InChI is InChI=1S/C20H23FN2O3S/c1-3-14(2)22-27(25,26)18-10-11-19-16(13-18)5-4-12-23(19)20(24)15-6-8-17(21)9-7-15/h6-11,13-14,22H,3-5,12H2,1-2H3/t14-/m0/s1. The summed E-state index contributed by atoms with van der Waals surface area (Å²) < 4.78 is 40.8.